The summed E-state index contributed by atoms with van der Waals surface area (Å²) >= 11 is 0. The Bertz CT molecular complexity index is 1110. The minimum absolute atomic E-state index is 0.321. The highest BCUT2D eigenvalue weighted by molar-refractivity contribution is 5.58. The summed E-state index contributed by atoms with van der Waals surface area (Å²) in [5.74, 6) is -0.459. The fraction of sp³-hybridized carbons (Fsp3) is 0.286. The molecule has 1 unspecified atom stereocenters. The largest absolute Gasteiger partial charge is 0.481 e. The van der Waals surface area contributed by atoms with Crippen LogP contribution in [0, 0.1) is 11.6 Å². The molecule has 4 rings (SSSR count). The maximum Gasteiger partial charge on any atom is 0.274 e. The molecule has 1 aliphatic heterocycles. The average Bonchev–Trinajstić information content (AvgIpc) is 3.11. The minimum Gasteiger partial charge on any atom is -0.481 e. The molecule has 2 aromatic heterocycles. The van der Waals surface area contributed by atoms with Crippen LogP contribution in [-0.4, -0.2) is 21.6 Å². The zero-order chi connectivity index (χ0) is 20.5. The molecule has 0 bridgehead atoms. The predicted octanol–water partition coefficient (Wildman–Crippen LogP) is 3.77. The highest BCUT2D eigenvalue weighted by Gasteiger charge is 2.27. The van der Waals surface area contributed by atoms with Gasteiger partial charge in [-0.3, -0.25) is 4.79 Å². The van der Waals surface area contributed by atoms with Crippen molar-refractivity contribution in [3.63, 3.8) is 0 Å². The summed E-state index contributed by atoms with van der Waals surface area (Å²) in [7, 11) is 1.54. The number of aromatic nitrogens is 3. The van der Waals surface area contributed by atoms with E-state index in [-0.39, 0.29) is 11.6 Å². The first kappa shape index (κ1) is 19.0. The van der Waals surface area contributed by atoms with E-state index in [4.69, 9.17) is 4.74 Å². The third-order valence-electron chi connectivity index (χ3n) is 5.04. The fourth-order valence-electron chi connectivity index (χ4n) is 3.76. The van der Waals surface area contributed by atoms with Crippen molar-refractivity contribution in [3.8, 4) is 5.88 Å². The Balaban J connectivity index is 1.79. The molecule has 0 fully saturated rings. The Morgan fingerprint density at radius 3 is 2.62 bits per heavy atom. The molecule has 3 aromatic rings. The van der Waals surface area contributed by atoms with Gasteiger partial charge in [0.1, 0.15) is 11.6 Å². The SMILES string of the molecule is CCc1nc(OC)ccc1Nc1nc(=O)cc2n1C(c1cc(F)cc(F)c1)CC2. The first-order valence-corrected chi connectivity index (χ1v) is 9.38. The van der Waals surface area contributed by atoms with E-state index in [0.717, 1.165) is 17.5 Å². The number of methoxy groups -OCH3 is 1. The Morgan fingerprint density at radius 2 is 1.93 bits per heavy atom. The smallest absolute Gasteiger partial charge is 0.274 e. The molecule has 0 saturated carbocycles. The number of anilines is 2. The number of fused-ring (bicyclic) bond motifs is 1. The quantitative estimate of drug-likeness (QED) is 0.709. The van der Waals surface area contributed by atoms with Crippen molar-refractivity contribution in [2.75, 3.05) is 12.4 Å². The number of halogens is 2. The second-order valence-electron chi connectivity index (χ2n) is 6.86. The summed E-state index contributed by atoms with van der Waals surface area (Å²) < 4.78 is 34.6. The van der Waals surface area contributed by atoms with Crippen molar-refractivity contribution in [1.29, 1.82) is 0 Å². The van der Waals surface area contributed by atoms with Gasteiger partial charge in [-0.25, -0.2) is 13.8 Å². The van der Waals surface area contributed by atoms with E-state index in [2.05, 4.69) is 15.3 Å². The molecule has 1 N–H and O–H groups in total. The summed E-state index contributed by atoms with van der Waals surface area (Å²) in [6.07, 6.45) is 1.86. The van der Waals surface area contributed by atoms with Crippen LogP contribution in [0.3, 0.4) is 0 Å². The van der Waals surface area contributed by atoms with Crippen molar-refractivity contribution in [2.45, 2.75) is 32.2 Å². The van der Waals surface area contributed by atoms with E-state index in [1.807, 2.05) is 17.6 Å². The lowest BCUT2D eigenvalue weighted by Gasteiger charge is -2.21. The number of ether oxygens (including phenoxy) is 1. The standard InChI is InChI=1S/C21H20F2N4O2/c1-3-16-17(5-7-20(24-16)29-2)25-21-26-19(28)11-15-4-6-18(27(15)21)12-8-13(22)10-14(23)9-12/h5,7-11,18H,3-4,6H2,1-2H3,(H,25,26,28). The van der Waals surface area contributed by atoms with Crippen LogP contribution in [-0.2, 0) is 12.8 Å². The van der Waals surface area contributed by atoms with Gasteiger partial charge in [0.2, 0.25) is 11.8 Å². The number of aryl methyl sites for hydroxylation is 2. The second-order valence-corrected chi connectivity index (χ2v) is 6.86. The lowest BCUT2D eigenvalue weighted by molar-refractivity contribution is 0.396. The van der Waals surface area contributed by atoms with Crippen LogP contribution in [0.25, 0.3) is 0 Å². The summed E-state index contributed by atoms with van der Waals surface area (Å²) in [6.45, 7) is 1.96. The van der Waals surface area contributed by atoms with Crippen LogP contribution in [0.1, 0.15) is 36.3 Å². The van der Waals surface area contributed by atoms with Gasteiger partial charge in [0.25, 0.3) is 5.56 Å². The van der Waals surface area contributed by atoms with Crippen molar-refractivity contribution in [1.82, 2.24) is 14.5 Å². The molecule has 150 valence electrons. The summed E-state index contributed by atoms with van der Waals surface area (Å²) in [6, 6.07) is 8.14. The average molecular weight is 398 g/mol. The van der Waals surface area contributed by atoms with Crippen molar-refractivity contribution in [3.05, 3.63) is 75.3 Å². The van der Waals surface area contributed by atoms with Gasteiger partial charge in [-0.1, -0.05) is 6.92 Å². The van der Waals surface area contributed by atoms with Crippen LogP contribution in [0.2, 0.25) is 0 Å². The lowest BCUT2D eigenvalue weighted by atomic mass is 10.0. The molecule has 29 heavy (non-hydrogen) atoms. The molecular weight excluding hydrogens is 378 g/mol. The number of rotatable bonds is 5. The molecule has 1 aromatic carbocycles. The molecule has 0 amide bonds. The highest BCUT2D eigenvalue weighted by Crippen LogP contribution is 2.35. The molecule has 0 aliphatic carbocycles. The minimum atomic E-state index is -0.635. The fourth-order valence-corrected chi connectivity index (χ4v) is 3.76. The zero-order valence-corrected chi connectivity index (χ0v) is 16.1. The molecule has 1 aliphatic rings. The van der Waals surface area contributed by atoms with E-state index in [1.54, 1.807) is 13.2 Å². The Hall–Kier alpha value is -3.29. The van der Waals surface area contributed by atoms with Crippen LogP contribution >= 0.6 is 0 Å². The third-order valence-corrected chi connectivity index (χ3v) is 5.04. The molecule has 0 saturated heterocycles. The van der Waals surface area contributed by atoms with Gasteiger partial charge in [0, 0.05) is 23.9 Å². The maximum atomic E-state index is 13.8. The number of pyridine rings is 1. The number of hydrogen-bond acceptors (Lipinski definition) is 5. The molecule has 0 radical (unpaired) electrons. The Labute approximate surface area is 166 Å². The monoisotopic (exact) mass is 398 g/mol. The van der Waals surface area contributed by atoms with Crippen molar-refractivity contribution in [2.24, 2.45) is 0 Å². The molecule has 0 spiro atoms. The van der Waals surface area contributed by atoms with E-state index in [9.17, 15) is 13.6 Å². The maximum absolute atomic E-state index is 13.8. The third kappa shape index (κ3) is 3.70. The first-order valence-electron chi connectivity index (χ1n) is 9.38. The number of benzene rings is 1. The van der Waals surface area contributed by atoms with E-state index in [1.165, 1.54) is 18.2 Å². The van der Waals surface area contributed by atoms with E-state index < -0.39 is 11.6 Å². The van der Waals surface area contributed by atoms with Gasteiger partial charge in [0.05, 0.1) is 24.5 Å². The van der Waals surface area contributed by atoms with Gasteiger partial charge in [0.15, 0.2) is 0 Å². The summed E-state index contributed by atoms with van der Waals surface area (Å²) in [5, 5.41) is 3.19. The topological polar surface area (TPSA) is 69.0 Å². The van der Waals surface area contributed by atoms with Crippen molar-refractivity contribution >= 4 is 11.6 Å². The molecule has 1 atom stereocenters. The van der Waals surface area contributed by atoms with Gasteiger partial charge in [-0.05, 0) is 43.0 Å². The summed E-state index contributed by atoms with van der Waals surface area (Å²) in [4.78, 5) is 20.7. The molecule has 3 heterocycles. The number of nitrogens with zero attached hydrogens (tertiary/aromatic N) is 3. The van der Waals surface area contributed by atoms with Crippen LogP contribution in [0.4, 0.5) is 20.4 Å². The lowest BCUT2D eigenvalue weighted by Crippen LogP contribution is -2.20. The van der Waals surface area contributed by atoms with Crippen LogP contribution in [0.5, 0.6) is 5.88 Å². The Kier molecular flexibility index (Phi) is 5.00. The molecular formula is C21H20F2N4O2. The summed E-state index contributed by atoms with van der Waals surface area (Å²) in [5.41, 5.74) is 2.34. The van der Waals surface area contributed by atoms with Gasteiger partial charge < -0.3 is 14.6 Å². The highest BCUT2D eigenvalue weighted by atomic mass is 19.1. The van der Waals surface area contributed by atoms with Gasteiger partial charge in [-0.2, -0.15) is 4.98 Å². The van der Waals surface area contributed by atoms with Gasteiger partial charge >= 0.3 is 0 Å². The number of hydrogen-bond donors (Lipinski definition) is 1. The molecule has 8 heteroatoms. The zero-order valence-electron chi connectivity index (χ0n) is 16.1. The molecule has 6 nitrogen and oxygen atoms in total. The van der Waals surface area contributed by atoms with Gasteiger partial charge in [-0.15, -0.1) is 0 Å². The second kappa shape index (κ2) is 7.62. The van der Waals surface area contributed by atoms with Crippen LogP contribution < -0.4 is 15.6 Å². The predicted molar refractivity (Wildman–Crippen MR) is 105 cm³/mol. The first-order chi connectivity index (χ1) is 14.0. The van der Waals surface area contributed by atoms with Crippen molar-refractivity contribution < 1.29 is 13.5 Å². The van der Waals surface area contributed by atoms with Crippen LogP contribution in [0.15, 0.2) is 41.2 Å². The Morgan fingerprint density at radius 1 is 1.17 bits per heavy atom. The van der Waals surface area contributed by atoms with E-state index >= 15 is 0 Å². The van der Waals surface area contributed by atoms with E-state index in [0.29, 0.717) is 42.3 Å². The number of nitrogens with one attached hydrogen (secondary N) is 1. The normalized spacial score (nSPS) is 15.2.